The number of carbonyl (C=O) groups excluding carboxylic acids is 2. The molecule has 0 rings (SSSR count). The minimum atomic E-state index is -0.319. The van der Waals surface area contributed by atoms with E-state index in [1.807, 2.05) is 13.8 Å². The molecule has 0 aliphatic heterocycles. The highest BCUT2D eigenvalue weighted by atomic mass is 16.5. The first kappa shape index (κ1) is 17.9. The van der Waals surface area contributed by atoms with Crippen molar-refractivity contribution in [3.63, 3.8) is 0 Å². The molecule has 0 aromatic rings. The zero-order valence-electron chi connectivity index (χ0n) is 12.7. The van der Waals surface area contributed by atoms with Gasteiger partial charge in [-0.15, -0.1) is 0 Å². The van der Waals surface area contributed by atoms with Crippen molar-refractivity contribution in [3.05, 3.63) is 0 Å². The molecule has 0 N–H and O–H groups in total. The summed E-state index contributed by atoms with van der Waals surface area (Å²) < 4.78 is 10.2. The van der Waals surface area contributed by atoms with E-state index in [0.717, 1.165) is 25.7 Å². The van der Waals surface area contributed by atoms with Crippen molar-refractivity contribution >= 4 is 11.9 Å². The topological polar surface area (TPSA) is 52.6 Å². The molecule has 0 fully saturated rings. The molecule has 0 aromatic carbocycles. The van der Waals surface area contributed by atoms with Crippen LogP contribution in [0.25, 0.3) is 0 Å². The van der Waals surface area contributed by atoms with Crippen LogP contribution < -0.4 is 0 Å². The summed E-state index contributed by atoms with van der Waals surface area (Å²) in [6.07, 6.45) is 3.89. The maximum atomic E-state index is 11.5. The summed E-state index contributed by atoms with van der Waals surface area (Å²) in [4.78, 5) is 22.8. The average molecular weight is 272 g/mol. The number of unbranched alkanes of at least 4 members (excludes halogenated alkanes) is 1. The normalized spacial score (nSPS) is 12.3. The summed E-state index contributed by atoms with van der Waals surface area (Å²) in [5.41, 5.74) is 0. The number of hydrogen-bond acceptors (Lipinski definition) is 4. The van der Waals surface area contributed by atoms with Gasteiger partial charge in [0.05, 0.1) is 25.6 Å². The second kappa shape index (κ2) is 10.8. The average Bonchev–Trinajstić information content (AvgIpc) is 2.34. The van der Waals surface area contributed by atoms with Gasteiger partial charge < -0.3 is 9.47 Å². The number of rotatable bonds is 10. The largest absolute Gasteiger partial charge is 0.466 e. The number of ether oxygens (including phenoxy) is 2. The molecule has 19 heavy (non-hydrogen) atoms. The van der Waals surface area contributed by atoms with Crippen molar-refractivity contribution in [2.75, 3.05) is 6.61 Å². The van der Waals surface area contributed by atoms with Crippen LogP contribution in [0.2, 0.25) is 0 Å². The second-order valence-corrected chi connectivity index (χ2v) is 5.35. The van der Waals surface area contributed by atoms with Crippen LogP contribution in [0.5, 0.6) is 0 Å². The van der Waals surface area contributed by atoms with Crippen molar-refractivity contribution in [2.45, 2.75) is 72.3 Å². The third-order valence-corrected chi connectivity index (χ3v) is 2.78. The van der Waals surface area contributed by atoms with Crippen LogP contribution >= 0.6 is 0 Å². The van der Waals surface area contributed by atoms with Crippen LogP contribution in [-0.4, -0.2) is 24.6 Å². The van der Waals surface area contributed by atoms with Gasteiger partial charge in [-0.05, 0) is 32.1 Å². The van der Waals surface area contributed by atoms with E-state index in [9.17, 15) is 9.59 Å². The fourth-order valence-corrected chi connectivity index (χ4v) is 1.52. The fourth-order valence-electron chi connectivity index (χ4n) is 1.52. The first-order valence-electron chi connectivity index (χ1n) is 7.30. The Labute approximate surface area is 116 Å². The van der Waals surface area contributed by atoms with E-state index < -0.39 is 0 Å². The van der Waals surface area contributed by atoms with E-state index >= 15 is 0 Å². The van der Waals surface area contributed by atoms with Crippen molar-refractivity contribution in [1.29, 1.82) is 0 Å². The Morgan fingerprint density at radius 2 is 1.63 bits per heavy atom. The van der Waals surface area contributed by atoms with Gasteiger partial charge in [-0.1, -0.05) is 27.2 Å². The van der Waals surface area contributed by atoms with Gasteiger partial charge >= 0.3 is 11.9 Å². The molecule has 0 spiro atoms. The first-order valence-corrected chi connectivity index (χ1v) is 7.30. The van der Waals surface area contributed by atoms with Crippen molar-refractivity contribution in [3.8, 4) is 0 Å². The summed E-state index contributed by atoms with van der Waals surface area (Å²) in [6.45, 7) is 8.64. The molecular formula is C15H28O4. The van der Waals surface area contributed by atoms with E-state index in [1.165, 1.54) is 0 Å². The molecule has 0 radical (unpaired) electrons. The highest BCUT2D eigenvalue weighted by Crippen LogP contribution is 2.10. The Morgan fingerprint density at radius 1 is 1.00 bits per heavy atom. The zero-order valence-corrected chi connectivity index (χ0v) is 12.7. The van der Waals surface area contributed by atoms with E-state index in [1.54, 1.807) is 0 Å². The van der Waals surface area contributed by atoms with E-state index in [0.29, 0.717) is 12.5 Å². The third-order valence-electron chi connectivity index (χ3n) is 2.78. The van der Waals surface area contributed by atoms with Gasteiger partial charge in [-0.25, -0.2) is 0 Å². The predicted molar refractivity (Wildman–Crippen MR) is 74.7 cm³/mol. The van der Waals surface area contributed by atoms with Gasteiger partial charge in [0, 0.05) is 0 Å². The molecule has 0 amide bonds. The van der Waals surface area contributed by atoms with Crippen LogP contribution in [0, 0.1) is 5.92 Å². The molecule has 4 nitrogen and oxygen atoms in total. The summed E-state index contributed by atoms with van der Waals surface area (Å²) in [5.74, 6) is -0.0290. The Morgan fingerprint density at radius 3 is 2.21 bits per heavy atom. The Bertz CT molecular complexity index is 261. The van der Waals surface area contributed by atoms with Gasteiger partial charge in [-0.3, -0.25) is 9.59 Å². The molecule has 112 valence electrons. The zero-order chi connectivity index (χ0) is 14.7. The molecule has 0 aromatic heterocycles. The summed E-state index contributed by atoms with van der Waals surface area (Å²) >= 11 is 0. The standard InChI is InChI=1S/C15H28O4/c1-5-6-11-18-14(16)9-10-15(17)19-13(4)8-7-12(2)3/h12-13H,5-11H2,1-4H3. The minimum absolute atomic E-state index is 0.0778. The molecule has 0 saturated carbocycles. The van der Waals surface area contributed by atoms with E-state index in [2.05, 4.69) is 13.8 Å². The molecule has 0 heterocycles. The Balaban J connectivity index is 3.65. The molecule has 0 aliphatic carbocycles. The SMILES string of the molecule is CCCCOC(=O)CCC(=O)OC(C)CCC(C)C. The molecule has 1 unspecified atom stereocenters. The van der Waals surface area contributed by atoms with E-state index in [4.69, 9.17) is 9.47 Å². The lowest BCUT2D eigenvalue weighted by molar-refractivity contribution is -0.153. The van der Waals surface area contributed by atoms with Crippen LogP contribution in [0.1, 0.15) is 66.2 Å². The lowest BCUT2D eigenvalue weighted by Crippen LogP contribution is -2.17. The van der Waals surface area contributed by atoms with Crippen molar-refractivity contribution < 1.29 is 19.1 Å². The lowest BCUT2D eigenvalue weighted by atomic mass is 10.1. The highest BCUT2D eigenvalue weighted by Gasteiger charge is 2.12. The van der Waals surface area contributed by atoms with Crippen LogP contribution in [-0.2, 0) is 19.1 Å². The molecule has 0 bridgehead atoms. The Hall–Kier alpha value is -1.06. The summed E-state index contributed by atoms with van der Waals surface area (Å²) in [7, 11) is 0. The monoisotopic (exact) mass is 272 g/mol. The molecule has 4 heteroatoms. The van der Waals surface area contributed by atoms with Gasteiger partial charge in [0.15, 0.2) is 0 Å². The van der Waals surface area contributed by atoms with Crippen molar-refractivity contribution in [1.82, 2.24) is 0 Å². The number of carbonyl (C=O) groups is 2. The maximum absolute atomic E-state index is 11.5. The summed E-state index contributed by atoms with van der Waals surface area (Å²) in [5, 5.41) is 0. The Kier molecular flexibility index (Phi) is 10.2. The molecular weight excluding hydrogens is 244 g/mol. The van der Waals surface area contributed by atoms with Crippen LogP contribution in [0.4, 0.5) is 0 Å². The van der Waals surface area contributed by atoms with Gasteiger partial charge in [0.2, 0.25) is 0 Å². The smallest absolute Gasteiger partial charge is 0.306 e. The predicted octanol–water partition coefficient (Wildman–Crippen LogP) is 3.48. The molecule has 0 aliphatic rings. The maximum Gasteiger partial charge on any atom is 0.306 e. The quantitative estimate of drug-likeness (QED) is 0.451. The van der Waals surface area contributed by atoms with Crippen LogP contribution in [0.15, 0.2) is 0 Å². The number of hydrogen-bond donors (Lipinski definition) is 0. The van der Waals surface area contributed by atoms with Gasteiger partial charge in [-0.2, -0.15) is 0 Å². The van der Waals surface area contributed by atoms with Crippen molar-refractivity contribution in [2.24, 2.45) is 5.92 Å². The highest BCUT2D eigenvalue weighted by molar-refractivity contribution is 5.77. The van der Waals surface area contributed by atoms with Gasteiger partial charge in [0.1, 0.15) is 0 Å². The molecule has 1 atom stereocenters. The van der Waals surface area contributed by atoms with Gasteiger partial charge in [0.25, 0.3) is 0 Å². The fraction of sp³-hybridized carbons (Fsp3) is 0.867. The number of esters is 2. The summed E-state index contributed by atoms with van der Waals surface area (Å²) in [6, 6.07) is 0. The van der Waals surface area contributed by atoms with Crippen LogP contribution in [0.3, 0.4) is 0 Å². The minimum Gasteiger partial charge on any atom is -0.466 e. The second-order valence-electron chi connectivity index (χ2n) is 5.35. The third kappa shape index (κ3) is 11.7. The van der Waals surface area contributed by atoms with E-state index in [-0.39, 0.29) is 30.9 Å². The lowest BCUT2D eigenvalue weighted by Gasteiger charge is -2.14. The molecule has 0 saturated heterocycles. The first-order chi connectivity index (χ1) is 8.95.